The van der Waals surface area contributed by atoms with Gasteiger partial charge in [-0.15, -0.1) is 0 Å². The van der Waals surface area contributed by atoms with Gasteiger partial charge < -0.3 is 14.6 Å². The zero-order valence-corrected chi connectivity index (χ0v) is 10.5. The molecule has 0 amide bonds. The molecule has 0 aliphatic rings. The zero-order valence-electron chi connectivity index (χ0n) is 10.5. The summed E-state index contributed by atoms with van der Waals surface area (Å²) in [6, 6.07) is 0. The average Bonchev–Trinajstić information content (AvgIpc) is 2.37. The fourth-order valence-corrected chi connectivity index (χ4v) is 0.852. The Balaban J connectivity index is 3.22. The van der Waals surface area contributed by atoms with Crippen LogP contribution < -0.4 is 0 Å². The summed E-state index contributed by atoms with van der Waals surface area (Å²) >= 11 is 0. The third kappa shape index (κ3) is 12.9. The summed E-state index contributed by atoms with van der Waals surface area (Å²) < 4.78 is 10.1. The fraction of sp³-hybridized carbons (Fsp3) is 0.583. The normalized spacial score (nSPS) is 11.4. The number of aliphatic hydroxyl groups is 1. The molecule has 6 nitrogen and oxygen atoms in total. The van der Waals surface area contributed by atoms with E-state index in [1.807, 2.05) is 6.92 Å². The molecule has 6 heteroatoms. The highest BCUT2D eigenvalue weighted by Crippen LogP contribution is 1.86. The van der Waals surface area contributed by atoms with Crippen molar-refractivity contribution < 1.29 is 29.1 Å². The molecule has 0 fully saturated rings. The van der Waals surface area contributed by atoms with Crippen LogP contribution in [0, 0.1) is 0 Å². The summed E-state index contributed by atoms with van der Waals surface area (Å²) in [5.41, 5.74) is 0. The molecule has 0 saturated carbocycles. The minimum Gasteiger partial charge on any atom is -0.394 e. The van der Waals surface area contributed by atoms with Crippen LogP contribution in [0.3, 0.4) is 0 Å². The first-order valence-corrected chi connectivity index (χ1v) is 5.70. The highest BCUT2D eigenvalue weighted by atomic mass is 17.2. The smallest absolute Gasteiger partial charge is 0.365 e. The van der Waals surface area contributed by atoms with Crippen LogP contribution in [-0.2, 0) is 24.0 Å². The Hall–Kier alpha value is -1.21. The van der Waals surface area contributed by atoms with Gasteiger partial charge in [0, 0.05) is 6.08 Å². The molecule has 0 aliphatic heterocycles. The third-order valence-electron chi connectivity index (χ3n) is 1.60. The maximum Gasteiger partial charge on any atom is 0.365 e. The van der Waals surface area contributed by atoms with Gasteiger partial charge in [0.05, 0.1) is 33.0 Å². The number of aliphatic hydroxyl groups excluding tert-OH is 1. The van der Waals surface area contributed by atoms with Crippen molar-refractivity contribution in [2.75, 3.05) is 39.6 Å². The minimum atomic E-state index is -0.570. The van der Waals surface area contributed by atoms with Crippen molar-refractivity contribution in [1.82, 2.24) is 0 Å². The molecule has 0 atom stereocenters. The zero-order chi connectivity index (χ0) is 13.5. The lowest BCUT2D eigenvalue weighted by Crippen LogP contribution is -2.12. The van der Waals surface area contributed by atoms with Crippen LogP contribution >= 0.6 is 0 Å². The molecule has 0 heterocycles. The predicted molar refractivity (Wildman–Crippen MR) is 64.7 cm³/mol. The Morgan fingerprint density at radius 2 is 1.72 bits per heavy atom. The average molecular weight is 260 g/mol. The van der Waals surface area contributed by atoms with Gasteiger partial charge in [-0.25, -0.2) is 4.79 Å². The van der Waals surface area contributed by atoms with E-state index in [-0.39, 0.29) is 13.2 Å². The first-order chi connectivity index (χ1) is 8.81. The number of carbonyl (C=O) groups excluding carboxylic acids is 1. The van der Waals surface area contributed by atoms with Crippen molar-refractivity contribution in [2.45, 2.75) is 6.92 Å². The summed E-state index contributed by atoms with van der Waals surface area (Å²) in [5.74, 6) is -0.570. The molecule has 0 aromatic carbocycles. The van der Waals surface area contributed by atoms with E-state index in [0.717, 1.165) is 0 Å². The molecule has 0 aliphatic carbocycles. The Morgan fingerprint density at radius 3 is 2.39 bits per heavy atom. The summed E-state index contributed by atoms with van der Waals surface area (Å²) in [5, 5.41) is 8.42. The second-order valence-corrected chi connectivity index (χ2v) is 3.06. The van der Waals surface area contributed by atoms with E-state index in [9.17, 15) is 4.79 Å². The first kappa shape index (κ1) is 16.8. The Labute approximate surface area is 107 Å². The molecule has 0 spiro atoms. The van der Waals surface area contributed by atoms with Crippen LogP contribution in [0.1, 0.15) is 6.92 Å². The van der Waals surface area contributed by atoms with E-state index in [1.54, 1.807) is 18.2 Å². The van der Waals surface area contributed by atoms with Crippen LogP contribution in [0.15, 0.2) is 24.3 Å². The quantitative estimate of drug-likeness (QED) is 0.193. The van der Waals surface area contributed by atoms with Crippen molar-refractivity contribution in [3.8, 4) is 0 Å². The topological polar surface area (TPSA) is 74.2 Å². The lowest BCUT2D eigenvalue weighted by atomic mass is 10.4. The molecule has 0 aromatic rings. The molecule has 0 radical (unpaired) electrons. The van der Waals surface area contributed by atoms with Gasteiger partial charge in [-0.05, 0) is 6.92 Å². The van der Waals surface area contributed by atoms with Gasteiger partial charge in [-0.3, -0.25) is 4.89 Å². The molecule has 0 aromatic heterocycles. The molecule has 18 heavy (non-hydrogen) atoms. The van der Waals surface area contributed by atoms with E-state index >= 15 is 0 Å². The van der Waals surface area contributed by atoms with Gasteiger partial charge in [0.1, 0.15) is 6.61 Å². The highest BCUT2D eigenvalue weighted by molar-refractivity contribution is 5.81. The minimum absolute atomic E-state index is 0.000198. The van der Waals surface area contributed by atoms with Crippen LogP contribution in [0.4, 0.5) is 0 Å². The standard InChI is InChI=1S/C12H20O6/c1-2-3-4-5-12(14)18-17-11-10-16-9-8-15-7-6-13/h2-5,13H,6-11H2,1H3/b3-2+,5-4+. The van der Waals surface area contributed by atoms with Gasteiger partial charge >= 0.3 is 5.97 Å². The van der Waals surface area contributed by atoms with Gasteiger partial charge in [-0.1, -0.05) is 18.2 Å². The largest absolute Gasteiger partial charge is 0.394 e. The molecule has 0 rings (SSSR count). The van der Waals surface area contributed by atoms with Gasteiger partial charge in [0.2, 0.25) is 0 Å². The Morgan fingerprint density at radius 1 is 1.06 bits per heavy atom. The SMILES string of the molecule is C/C=C/C=C/C(=O)OOCCOCCOCCO. The molecular formula is C12H20O6. The van der Waals surface area contributed by atoms with Crippen LogP contribution in [-0.4, -0.2) is 50.7 Å². The summed E-state index contributed by atoms with van der Waals surface area (Å²) in [6.07, 6.45) is 6.30. The van der Waals surface area contributed by atoms with Gasteiger partial charge in [-0.2, -0.15) is 4.89 Å². The van der Waals surface area contributed by atoms with E-state index in [0.29, 0.717) is 26.4 Å². The summed E-state index contributed by atoms with van der Waals surface area (Å²) in [4.78, 5) is 20.0. The maximum atomic E-state index is 11.0. The number of hydrogen-bond acceptors (Lipinski definition) is 6. The lowest BCUT2D eigenvalue weighted by molar-refractivity contribution is -0.271. The molecule has 1 N–H and O–H groups in total. The molecule has 0 unspecified atom stereocenters. The number of hydrogen-bond donors (Lipinski definition) is 1. The van der Waals surface area contributed by atoms with Crippen LogP contribution in [0.2, 0.25) is 0 Å². The molecular weight excluding hydrogens is 240 g/mol. The lowest BCUT2D eigenvalue weighted by Gasteiger charge is -2.04. The number of allylic oxidation sites excluding steroid dienone is 3. The third-order valence-corrected chi connectivity index (χ3v) is 1.60. The van der Waals surface area contributed by atoms with Gasteiger partial charge in [0.25, 0.3) is 0 Å². The summed E-state index contributed by atoms with van der Waals surface area (Å²) in [6.45, 7) is 3.41. The van der Waals surface area contributed by atoms with Crippen molar-refractivity contribution in [2.24, 2.45) is 0 Å². The Kier molecular flexibility index (Phi) is 12.9. The predicted octanol–water partition coefficient (Wildman–Crippen LogP) is 0.619. The van der Waals surface area contributed by atoms with E-state index < -0.39 is 5.97 Å². The Bertz CT molecular complexity index is 249. The van der Waals surface area contributed by atoms with Crippen molar-refractivity contribution >= 4 is 5.97 Å². The number of carbonyl (C=O) groups is 1. The van der Waals surface area contributed by atoms with E-state index in [2.05, 4.69) is 9.78 Å². The first-order valence-electron chi connectivity index (χ1n) is 5.70. The second kappa shape index (κ2) is 13.9. The maximum absolute atomic E-state index is 11.0. The second-order valence-electron chi connectivity index (χ2n) is 3.06. The van der Waals surface area contributed by atoms with E-state index in [4.69, 9.17) is 14.6 Å². The molecule has 0 saturated heterocycles. The van der Waals surface area contributed by atoms with Crippen molar-refractivity contribution in [3.63, 3.8) is 0 Å². The monoisotopic (exact) mass is 260 g/mol. The number of rotatable bonds is 11. The van der Waals surface area contributed by atoms with Crippen LogP contribution in [0.5, 0.6) is 0 Å². The number of ether oxygens (including phenoxy) is 2. The molecule has 0 bridgehead atoms. The van der Waals surface area contributed by atoms with Crippen LogP contribution in [0.25, 0.3) is 0 Å². The van der Waals surface area contributed by atoms with E-state index in [1.165, 1.54) is 6.08 Å². The van der Waals surface area contributed by atoms with Crippen molar-refractivity contribution in [3.05, 3.63) is 24.3 Å². The van der Waals surface area contributed by atoms with Crippen molar-refractivity contribution in [1.29, 1.82) is 0 Å². The van der Waals surface area contributed by atoms with Gasteiger partial charge in [0.15, 0.2) is 0 Å². The fourth-order valence-electron chi connectivity index (χ4n) is 0.852. The highest BCUT2D eigenvalue weighted by Gasteiger charge is 1.97. The molecule has 104 valence electrons. The summed E-state index contributed by atoms with van der Waals surface area (Å²) in [7, 11) is 0.